The molecule has 1 aromatic carbocycles. The van der Waals surface area contributed by atoms with Gasteiger partial charge in [0.1, 0.15) is 9.46 Å². The topological polar surface area (TPSA) is 95.9 Å². The number of benzene rings is 1. The molecule has 2 aromatic rings. The maximum atomic E-state index is 12.6. The van der Waals surface area contributed by atoms with Gasteiger partial charge in [0.15, 0.2) is 5.17 Å². The predicted octanol–water partition coefficient (Wildman–Crippen LogP) is 3.09. The van der Waals surface area contributed by atoms with Crippen LogP contribution in [0.15, 0.2) is 50.4 Å². The molecule has 0 aliphatic carbocycles. The van der Waals surface area contributed by atoms with Crippen LogP contribution in [-0.4, -0.2) is 42.1 Å². The van der Waals surface area contributed by atoms with Crippen molar-refractivity contribution in [3.8, 4) is 0 Å². The Morgan fingerprint density at radius 3 is 2.64 bits per heavy atom. The van der Waals surface area contributed by atoms with Crippen molar-refractivity contribution < 1.29 is 18.0 Å². The second kappa shape index (κ2) is 8.46. The summed E-state index contributed by atoms with van der Waals surface area (Å²) in [6.45, 7) is 3.90. The van der Waals surface area contributed by atoms with Gasteiger partial charge in [0.05, 0.1) is 0 Å². The van der Waals surface area contributed by atoms with Crippen molar-refractivity contribution in [1.82, 2.24) is 4.90 Å². The highest BCUT2D eigenvalue weighted by molar-refractivity contribution is 8.16. The molecule has 2 heterocycles. The van der Waals surface area contributed by atoms with Crippen molar-refractivity contribution in [3.63, 3.8) is 0 Å². The predicted molar refractivity (Wildman–Crippen MR) is 112 cm³/mol. The Hall–Kier alpha value is -2.17. The molecular formula is C18H19N3O4S3. The maximum Gasteiger partial charge on any atom is 0.294 e. The van der Waals surface area contributed by atoms with E-state index in [1.165, 1.54) is 11.0 Å². The van der Waals surface area contributed by atoms with Crippen molar-refractivity contribution in [2.75, 3.05) is 11.9 Å². The van der Waals surface area contributed by atoms with Gasteiger partial charge < -0.3 is 5.32 Å². The van der Waals surface area contributed by atoms with Gasteiger partial charge in [0, 0.05) is 18.7 Å². The number of amides is 2. The second-order valence-corrected chi connectivity index (χ2v) is 9.99. The lowest BCUT2D eigenvalue weighted by atomic mass is 10.2. The first-order valence-corrected chi connectivity index (χ1v) is 11.7. The average Bonchev–Trinajstić information content (AvgIpc) is 3.27. The van der Waals surface area contributed by atoms with Crippen LogP contribution >= 0.6 is 23.1 Å². The zero-order chi connectivity index (χ0) is 20.3. The van der Waals surface area contributed by atoms with E-state index in [9.17, 15) is 18.0 Å². The number of carbonyl (C=O) groups is 2. The molecule has 2 amide bonds. The summed E-state index contributed by atoms with van der Waals surface area (Å²) in [6.07, 6.45) is -0.0631. The van der Waals surface area contributed by atoms with Crippen LogP contribution < -0.4 is 5.32 Å². The van der Waals surface area contributed by atoms with Gasteiger partial charge in [-0.25, -0.2) is 0 Å². The summed E-state index contributed by atoms with van der Waals surface area (Å²) < 4.78 is 28.8. The van der Waals surface area contributed by atoms with Gasteiger partial charge >= 0.3 is 0 Å². The van der Waals surface area contributed by atoms with Gasteiger partial charge in [-0.1, -0.05) is 36.0 Å². The molecule has 1 N–H and O–H groups in total. The summed E-state index contributed by atoms with van der Waals surface area (Å²) in [5, 5.41) is 3.84. The van der Waals surface area contributed by atoms with Crippen molar-refractivity contribution >= 4 is 55.8 Å². The number of hydrogen-bond acceptors (Lipinski definition) is 6. The number of anilines is 1. The average molecular weight is 438 g/mol. The monoisotopic (exact) mass is 437 g/mol. The molecule has 7 nitrogen and oxygen atoms in total. The summed E-state index contributed by atoms with van der Waals surface area (Å²) in [7, 11) is -3.88. The zero-order valence-electron chi connectivity index (χ0n) is 15.3. The number of aryl methyl sites for hydroxylation is 1. The molecule has 0 spiro atoms. The summed E-state index contributed by atoms with van der Waals surface area (Å²) in [5.74, 6) is -0.619. The minimum Gasteiger partial charge on any atom is -0.326 e. The molecule has 0 unspecified atom stereocenters. The fourth-order valence-corrected chi connectivity index (χ4v) is 6.03. The molecule has 1 fully saturated rings. The van der Waals surface area contributed by atoms with Crippen LogP contribution in [0.2, 0.25) is 0 Å². The molecular weight excluding hydrogens is 418 g/mol. The SMILES string of the molecule is CCN1C(=O)[C@H](CC(=O)Nc2ccccc2C)SC1=NS(=O)(=O)c1cccs1. The molecule has 1 aromatic heterocycles. The van der Waals surface area contributed by atoms with Gasteiger partial charge in [-0.3, -0.25) is 14.5 Å². The fraction of sp³-hybridized carbons (Fsp3) is 0.278. The lowest BCUT2D eigenvalue weighted by Crippen LogP contribution is -2.33. The Balaban J connectivity index is 1.75. The van der Waals surface area contributed by atoms with E-state index in [2.05, 4.69) is 9.71 Å². The Morgan fingerprint density at radius 2 is 2.00 bits per heavy atom. The van der Waals surface area contributed by atoms with E-state index in [0.29, 0.717) is 5.69 Å². The highest BCUT2D eigenvalue weighted by atomic mass is 32.2. The minimum absolute atomic E-state index is 0.0631. The molecule has 10 heteroatoms. The molecule has 1 aliphatic rings. The summed E-state index contributed by atoms with van der Waals surface area (Å²) in [6, 6.07) is 10.4. The van der Waals surface area contributed by atoms with E-state index >= 15 is 0 Å². The Morgan fingerprint density at radius 1 is 1.25 bits per heavy atom. The minimum atomic E-state index is -3.88. The molecule has 148 valence electrons. The van der Waals surface area contributed by atoms with Gasteiger partial charge in [0.2, 0.25) is 11.8 Å². The Bertz CT molecular complexity index is 1020. The van der Waals surface area contributed by atoms with Crippen molar-refractivity contribution in [2.24, 2.45) is 4.40 Å². The molecule has 0 saturated carbocycles. The first-order valence-electron chi connectivity index (χ1n) is 8.54. The highest BCUT2D eigenvalue weighted by Gasteiger charge is 2.39. The normalized spacial score (nSPS) is 18.6. The summed E-state index contributed by atoms with van der Waals surface area (Å²) in [5.41, 5.74) is 1.60. The number of para-hydroxylation sites is 1. The third-order valence-corrected chi connectivity index (χ3v) is 8.00. The smallest absolute Gasteiger partial charge is 0.294 e. The van der Waals surface area contributed by atoms with Crippen molar-refractivity contribution in [2.45, 2.75) is 29.7 Å². The number of nitrogens with one attached hydrogen (secondary N) is 1. The fourth-order valence-electron chi connectivity index (χ4n) is 2.64. The number of amidine groups is 1. The third kappa shape index (κ3) is 4.45. The first-order chi connectivity index (χ1) is 13.3. The summed E-state index contributed by atoms with van der Waals surface area (Å²) >= 11 is 2.07. The number of hydrogen-bond donors (Lipinski definition) is 1. The maximum absolute atomic E-state index is 12.6. The number of carbonyl (C=O) groups excluding carboxylic acids is 2. The van der Waals surface area contributed by atoms with Crippen molar-refractivity contribution in [3.05, 3.63) is 47.3 Å². The van der Waals surface area contributed by atoms with Crippen LogP contribution in [0.5, 0.6) is 0 Å². The lowest BCUT2D eigenvalue weighted by molar-refractivity contribution is -0.128. The quantitative estimate of drug-likeness (QED) is 0.749. The van der Waals surface area contributed by atoms with Crippen LogP contribution in [0.3, 0.4) is 0 Å². The van der Waals surface area contributed by atoms with Gasteiger partial charge in [-0.05, 0) is 36.9 Å². The molecule has 1 saturated heterocycles. The van der Waals surface area contributed by atoms with Gasteiger partial charge in [-0.15, -0.1) is 15.7 Å². The number of thioether (sulfide) groups is 1. The van der Waals surface area contributed by atoms with Crippen LogP contribution in [-0.2, 0) is 19.6 Å². The van der Waals surface area contributed by atoms with Crippen LogP contribution in [0.25, 0.3) is 0 Å². The Kier molecular flexibility index (Phi) is 6.21. The number of sulfonamides is 1. The largest absolute Gasteiger partial charge is 0.326 e. The Labute approximate surface area is 171 Å². The van der Waals surface area contributed by atoms with Crippen molar-refractivity contribution in [1.29, 1.82) is 0 Å². The van der Waals surface area contributed by atoms with Crippen LogP contribution in [0, 0.1) is 6.92 Å². The standard InChI is InChI=1S/C18H19N3O4S3/c1-3-21-17(23)14(11-15(22)19-13-8-5-4-7-12(13)2)27-18(21)20-28(24,25)16-9-6-10-26-16/h4-10,14H,3,11H2,1-2H3,(H,19,22)/t14-/m0/s1. The van der Waals surface area contributed by atoms with E-state index in [0.717, 1.165) is 28.7 Å². The van der Waals surface area contributed by atoms with Crippen LogP contribution in [0.4, 0.5) is 5.69 Å². The van der Waals surface area contributed by atoms with Gasteiger partial charge in [-0.2, -0.15) is 8.42 Å². The van der Waals surface area contributed by atoms with E-state index in [4.69, 9.17) is 0 Å². The van der Waals surface area contributed by atoms with Gasteiger partial charge in [0.25, 0.3) is 10.0 Å². The van der Waals surface area contributed by atoms with E-state index < -0.39 is 15.3 Å². The number of rotatable bonds is 6. The second-order valence-electron chi connectivity index (χ2n) is 6.04. The third-order valence-electron chi connectivity index (χ3n) is 4.07. The van der Waals surface area contributed by atoms with E-state index in [1.54, 1.807) is 24.4 Å². The molecule has 3 rings (SSSR count). The molecule has 28 heavy (non-hydrogen) atoms. The highest BCUT2D eigenvalue weighted by Crippen LogP contribution is 2.31. The number of thiophene rings is 1. The zero-order valence-corrected chi connectivity index (χ0v) is 17.7. The van der Waals surface area contributed by atoms with Crippen LogP contribution in [0.1, 0.15) is 18.9 Å². The number of nitrogens with zero attached hydrogens (tertiary/aromatic N) is 2. The molecule has 1 aliphatic heterocycles. The first kappa shape index (κ1) is 20.6. The van der Waals surface area contributed by atoms with E-state index in [1.807, 2.05) is 25.1 Å². The molecule has 0 radical (unpaired) electrons. The van der Waals surface area contributed by atoms with E-state index in [-0.39, 0.29) is 34.2 Å². The lowest BCUT2D eigenvalue weighted by Gasteiger charge is -2.13. The molecule has 1 atom stereocenters. The summed E-state index contributed by atoms with van der Waals surface area (Å²) in [4.78, 5) is 26.3. The molecule has 0 bridgehead atoms.